The van der Waals surface area contributed by atoms with Crippen molar-refractivity contribution in [1.82, 2.24) is 4.90 Å². The Kier molecular flexibility index (Phi) is 4.72. The zero-order valence-corrected chi connectivity index (χ0v) is 16.1. The van der Waals surface area contributed by atoms with Gasteiger partial charge >= 0.3 is 0 Å². The van der Waals surface area contributed by atoms with Crippen molar-refractivity contribution in [2.45, 2.75) is 6.92 Å². The summed E-state index contributed by atoms with van der Waals surface area (Å²) in [5.41, 5.74) is 2.92. The minimum Gasteiger partial charge on any atom is -0.497 e. The number of halogens is 1. The highest BCUT2D eigenvalue weighted by atomic mass is 35.5. The zero-order valence-electron chi connectivity index (χ0n) is 15.4. The first-order chi connectivity index (χ1) is 12.6. The van der Waals surface area contributed by atoms with Crippen molar-refractivity contribution in [3.05, 3.63) is 53.1 Å². The Hall–Kier alpha value is -1.91. The summed E-state index contributed by atoms with van der Waals surface area (Å²) in [7, 11) is 1.70. The molecule has 2 heterocycles. The molecular weight excluding hydrogens is 348 g/mol. The fourth-order valence-electron chi connectivity index (χ4n) is 4.01. The van der Waals surface area contributed by atoms with E-state index in [0.717, 1.165) is 44.2 Å². The summed E-state index contributed by atoms with van der Waals surface area (Å²) in [4.78, 5) is 4.91. The summed E-state index contributed by atoms with van der Waals surface area (Å²) in [6.45, 7) is 8.28. The summed E-state index contributed by atoms with van der Waals surface area (Å²) in [6, 6.07) is 14.2. The van der Waals surface area contributed by atoms with Crippen LogP contribution in [0.2, 0.25) is 5.02 Å². The van der Waals surface area contributed by atoms with Crippen molar-refractivity contribution < 1.29 is 9.47 Å². The lowest BCUT2D eigenvalue weighted by atomic mass is 9.72. The fourth-order valence-corrected chi connectivity index (χ4v) is 4.18. The first kappa shape index (κ1) is 17.5. The number of ether oxygens (including phenoxy) is 2. The average Bonchev–Trinajstić information content (AvgIpc) is 2.58. The minimum atomic E-state index is 0.473. The molecule has 1 spiro atoms. The second kappa shape index (κ2) is 7.01. The van der Waals surface area contributed by atoms with E-state index in [1.54, 1.807) is 7.11 Å². The van der Waals surface area contributed by atoms with Crippen LogP contribution in [0.3, 0.4) is 0 Å². The van der Waals surface area contributed by atoms with Gasteiger partial charge in [-0.1, -0.05) is 17.7 Å². The molecule has 2 saturated heterocycles. The van der Waals surface area contributed by atoms with Crippen LogP contribution < -0.4 is 14.4 Å². The van der Waals surface area contributed by atoms with Gasteiger partial charge in [0.25, 0.3) is 0 Å². The molecule has 0 amide bonds. The summed E-state index contributed by atoms with van der Waals surface area (Å²) in [5.74, 6) is 1.70. The molecule has 5 heteroatoms. The van der Waals surface area contributed by atoms with E-state index >= 15 is 0 Å². The van der Waals surface area contributed by atoms with Gasteiger partial charge in [-0.2, -0.15) is 0 Å². The maximum absolute atomic E-state index is 6.18. The Morgan fingerprint density at radius 3 is 2.46 bits per heavy atom. The molecule has 4 nitrogen and oxygen atoms in total. The minimum absolute atomic E-state index is 0.473. The quantitative estimate of drug-likeness (QED) is 0.768. The first-order valence-electron chi connectivity index (χ1n) is 9.07. The number of likely N-dealkylation sites (tertiary alicyclic amines) is 1. The van der Waals surface area contributed by atoms with Crippen molar-refractivity contribution in [2.75, 3.05) is 51.3 Å². The fraction of sp³-hybridized carbons (Fsp3) is 0.429. The SMILES string of the molecule is COc1ccc(N2CC3(CN(CCOc4cc(C)ccc4Cl)C3)C2)cc1. The van der Waals surface area contributed by atoms with Crippen LogP contribution in [0.4, 0.5) is 5.69 Å². The zero-order chi connectivity index (χ0) is 18.1. The number of nitrogens with zero attached hydrogens (tertiary/aromatic N) is 2. The number of methoxy groups -OCH3 is 1. The molecule has 0 unspecified atom stereocenters. The van der Waals surface area contributed by atoms with Crippen LogP contribution in [0, 0.1) is 12.3 Å². The lowest BCUT2D eigenvalue weighted by Crippen LogP contribution is -2.72. The molecule has 0 bridgehead atoms. The van der Waals surface area contributed by atoms with E-state index in [0.29, 0.717) is 17.0 Å². The summed E-state index contributed by atoms with van der Waals surface area (Å²) in [5, 5.41) is 0.685. The van der Waals surface area contributed by atoms with Gasteiger partial charge in [-0.05, 0) is 48.9 Å². The Morgan fingerprint density at radius 2 is 1.77 bits per heavy atom. The monoisotopic (exact) mass is 372 g/mol. The first-order valence-corrected chi connectivity index (χ1v) is 9.45. The van der Waals surface area contributed by atoms with Crippen molar-refractivity contribution in [2.24, 2.45) is 5.41 Å². The van der Waals surface area contributed by atoms with Gasteiger partial charge in [-0.15, -0.1) is 0 Å². The molecule has 0 N–H and O–H groups in total. The highest BCUT2D eigenvalue weighted by Gasteiger charge is 2.51. The average molecular weight is 373 g/mol. The molecule has 2 aliphatic rings. The van der Waals surface area contributed by atoms with Gasteiger partial charge in [0.05, 0.1) is 12.1 Å². The van der Waals surface area contributed by atoms with E-state index < -0.39 is 0 Å². The molecule has 0 aliphatic carbocycles. The van der Waals surface area contributed by atoms with E-state index in [1.807, 2.05) is 37.3 Å². The topological polar surface area (TPSA) is 24.9 Å². The number of benzene rings is 2. The molecule has 26 heavy (non-hydrogen) atoms. The smallest absolute Gasteiger partial charge is 0.138 e. The maximum atomic E-state index is 6.18. The van der Waals surface area contributed by atoms with Crippen LogP contribution >= 0.6 is 11.6 Å². The van der Waals surface area contributed by atoms with Crippen LogP contribution in [0.5, 0.6) is 11.5 Å². The van der Waals surface area contributed by atoms with Gasteiger partial charge in [-0.3, -0.25) is 4.90 Å². The molecule has 0 saturated carbocycles. The number of rotatable bonds is 6. The summed E-state index contributed by atoms with van der Waals surface area (Å²) < 4.78 is 11.1. The van der Waals surface area contributed by atoms with E-state index in [4.69, 9.17) is 21.1 Å². The second-order valence-electron chi connectivity index (χ2n) is 7.55. The second-order valence-corrected chi connectivity index (χ2v) is 7.95. The van der Waals surface area contributed by atoms with Gasteiger partial charge in [0, 0.05) is 43.8 Å². The summed E-state index contributed by atoms with van der Waals surface area (Å²) in [6.07, 6.45) is 0. The van der Waals surface area contributed by atoms with Crippen molar-refractivity contribution in [3.63, 3.8) is 0 Å². The highest BCUT2D eigenvalue weighted by molar-refractivity contribution is 6.32. The third kappa shape index (κ3) is 3.49. The molecule has 2 aliphatic heterocycles. The predicted molar refractivity (Wildman–Crippen MR) is 106 cm³/mol. The highest BCUT2D eigenvalue weighted by Crippen LogP contribution is 2.41. The molecule has 0 aromatic heterocycles. The van der Waals surface area contributed by atoms with Crippen LogP contribution in [-0.4, -0.2) is 51.3 Å². The summed E-state index contributed by atoms with van der Waals surface area (Å²) >= 11 is 6.18. The molecule has 2 fully saturated rings. The number of hydrogen-bond acceptors (Lipinski definition) is 4. The molecule has 4 rings (SSSR count). The molecule has 2 aromatic carbocycles. The number of anilines is 1. The van der Waals surface area contributed by atoms with E-state index in [9.17, 15) is 0 Å². The third-order valence-electron chi connectivity index (χ3n) is 5.36. The Labute approximate surface area is 160 Å². The maximum Gasteiger partial charge on any atom is 0.138 e. The van der Waals surface area contributed by atoms with Crippen molar-refractivity contribution in [3.8, 4) is 11.5 Å². The lowest BCUT2D eigenvalue weighted by molar-refractivity contribution is -0.0274. The van der Waals surface area contributed by atoms with Crippen molar-refractivity contribution >= 4 is 17.3 Å². The van der Waals surface area contributed by atoms with Crippen LogP contribution in [0.25, 0.3) is 0 Å². The third-order valence-corrected chi connectivity index (χ3v) is 5.67. The van der Waals surface area contributed by atoms with Gasteiger partial charge in [-0.25, -0.2) is 0 Å². The molecular formula is C21H25ClN2O2. The van der Waals surface area contributed by atoms with Crippen LogP contribution in [0.15, 0.2) is 42.5 Å². The van der Waals surface area contributed by atoms with Gasteiger partial charge in [0.2, 0.25) is 0 Å². The molecule has 0 radical (unpaired) electrons. The van der Waals surface area contributed by atoms with Crippen LogP contribution in [0.1, 0.15) is 5.56 Å². The molecule has 2 aromatic rings. The lowest BCUT2D eigenvalue weighted by Gasteiger charge is -2.61. The Bertz CT molecular complexity index is 764. The largest absolute Gasteiger partial charge is 0.497 e. The molecule has 138 valence electrons. The van der Waals surface area contributed by atoms with E-state index in [-0.39, 0.29) is 0 Å². The Morgan fingerprint density at radius 1 is 1.04 bits per heavy atom. The Balaban J connectivity index is 1.20. The van der Waals surface area contributed by atoms with Crippen molar-refractivity contribution in [1.29, 1.82) is 0 Å². The van der Waals surface area contributed by atoms with Gasteiger partial charge in [0.1, 0.15) is 18.1 Å². The standard InChI is InChI=1S/C21H25ClN2O2/c1-16-3-8-19(22)20(11-16)26-10-9-23-12-21(13-23)14-24(15-21)17-4-6-18(25-2)7-5-17/h3-8,11H,9-10,12-15H2,1-2H3. The number of hydrogen-bond donors (Lipinski definition) is 0. The van der Waals surface area contributed by atoms with E-state index in [2.05, 4.69) is 21.9 Å². The van der Waals surface area contributed by atoms with Crippen LogP contribution in [-0.2, 0) is 0 Å². The normalized spacial score (nSPS) is 18.3. The van der Waals surface area contributed by atoms with E-state index in [1.165, 1.54) is 11.3 Å². The van der Waals surface area contributed by atoms with Gasteiger partial charge in [0.15, 0.2) is 0 Å². The molecule has 0 atom stereocenters. The van der Waals surface area contributed by atoms with Gasteiger partial charge < -0.3 is 14.4 Å². The predicted octanol–water partition coefficient (Wildman–Crippen LogP) is 3.86. The number of aryl methyl sites for hydroxylation is 1.